The van der Waals surface area contributed by atoms with E-state index in [-0.39, 0.29) is 24.8 Å². The number of halogens is 3. The molecule has 6 heteroatoms. The molecule has 1 N–H and O–H groups in total. The Morgan fingerprint density at radius 1 is 1.11 bits per heavy atom. The van der Waals surface area contributed by atoms with Gasteiger partial charge in [-0.05, 0) is 17.7 Å². The van der Waals surface area contributed by atoms with Crippen molar-refractivity contribution in [3.63, 3.8) is 0 Å². The van der Waals surface area contributed by atoms with Crippen molar-refractivity contribution in [2.24, 2.45) is 0 Å². The van der Waals surface area contributed by atoms with Crippen LogP contribution in [0.25, 0.3) is 0 Å². The highest BCUT2D eigenvalue weighted by Crippen LogP contribution is 2.08. The topological polar surface area (TPSA) is 24.5 Å². The number of nitrogens with zero attached hydrogens (tertiary/aromatic N) is 1. The van der Waals surface area contributed by atoms with Crippen molar-refractivity contribution in [2.75, 3.05) is 39.4 Å². The van der Waals surface area contributed by atoms with Crippen molar-refractivity contribution in [1.29, 1.82) is 0 Å². The summed E-state index contributed by atoms with van der Waals surface area (Å²) in [5.74, 6) is 0. The van der Waals surface area contributed by atoms with Gasteiger partial charge in [0, 0.05) is 37.7 Å². The number of rotatable bonds is 5. The van der Waals surface area contributed by atoms with Crippen molar-refractivity contribution in [1.82, 2.24) is 10.2 Å². The molecule has 2 rings (SSSR count). The predicted octanol–water partition coefficient (Wildman–Crippen LogP) is 2.61. The molecule has 1 fully saturated rings. The minimum absolute atomic E-state index is 0. The number of nitrogens with one attached hydrogen (secondary N) is 1. The van der Waals surface area contributed by atoms with Crippen LogP contribution in [0, 0.1) is 0 Å². The Morgan fingerprint density at radius 2 is 1.74 bits per heavy atom. The molecule has 1 aromatic carbocycles. The SMILES string of the molecule is Cl.Cl.Clc1ccc(CNCCN2CCOCC2)cc1. The second kappa shape index (κ2) is 10.7. The maximum Gasteiger partial charge on any atom is 0.0594 e. The minimum atomic E-state index is 0. The number of hydrogen-bond donors (Lipinski definition) is 1. The maximum atomic E-state index is 5.84. The average Bonchev–Trinajstić information content (AvgIpc) is 2.38. The van der Waals surface area contributed by atoms with Gasteiger partial charge in [0.25, 0.3) is 0 Å². The first-order valence-electron chi connectivity index (χ1n) is 6.10. The van der Waals surface area contributed by atoms with E-state index in [2.05, 4.69) is 22.3 Å². The molecule has 0 amide bonds. The fourth-order valence-corrected chi connectivity index (χ4v) is 2.02. The van der Waals surface area contributed by atoms with Crippen molar-refractivity contribution in [3.8, 4) is 0 Å². The van der Waals surface area contributed by atoms with Crippen LogP contribution in [0.1, 0.15) is 5.56 Å². The predicted molar refractivity (Wildman–Crippen MR) is 84.9 cm³/mol. The van der Waals surface area contributed by atoms with Crippen molar-refractivity contribution in [3.05, 3.63) is 34.9 Å². The van der Waals surface area contributed by atoms with E-state index in [0.29, 0.717) is 0 Å². The lowest BCUT2D eigenvalue weighted by Gasteiger charge is -2.26. The van der Waals surface area contributed by atoms with Gasteiger partial charge in [-0.25, -0.2) is 0 Å². The Kier molecular flexibility index (Phi) is 10.7. The van der Waals surface area contributed by atoms with E-state index >= 15 is 0 Å². The van der Waals surface area contributed by atoms with Crippen LogP contribution in [0.3, 0.4) is 0 Å². The highest BCUT2D eigenvalue weighted by Gasteiger charge is 2.08. The lowest BCUT2D eigenvalue weighted by molar-refractivity contribution is 0.0384. The Labute approximate surface area is 132 Å². The quantitative estimate of drug-likeness (QED) is 0.841. The maximum absolute atomic E-state index is 5.84. The Bertz CT molecular complexity index is 329. The van der Waals surface area contributed by atoms with Crippen LogP contribution in [0.15, 0.2) is 24.3 Å². The molecule has 0 aromatic heterocycles. The van der Waals surface area contributed by atoms with Crippen molar-refractivity contribution < 1.29 is 4.74 Å². The van der Waals surface area contributed by atoms with Crippen LogP contribution in [-0.2, 0) is 11.3 Å². The molecule has 0 aliphatic carbocycles. The molecule has 1 aromatic rings. The summed E-state index contributed by atoms with van der Waals surface area (Å²) < 4.78 is 5.31. The van der Waals surface area contributed by atoms with Crippen LogP contribution in [-0.4, -0.2) is 44.3 Å². The monoisotopic (exact) mass is 326 g/mol. The standard InChI is InChI=1S/C13H19ClN2O.2ClH/c14-13-3-1-12(2-4-13)11-15-5-6-16-7-9-17-10-8-16;;/h1-4,15H,5-11H2;2*1H. The van der Waals surface area contributed by atoms with Crippen molar-refractivity contribution in [2.45, 2.75) is 6.54 Å². The smallest absolute Gasteiger partial charge is 0.0594 e. The third kappa shape index (κ3) is 7.35. The second-order valence-corrected chi connectivity index (χ2v) is 4.69. The number of benzene rings is 1. The molecular formula is C13H21Cl3N2O. The average molecular weight is 328 g/mol. The molecule has 1 heterocycles. The number of ether oxygens (including phenoxy) is 1. The van der Waals surface area contributed by atoms with E-state index in [1.54, 1.807) is 0 Å². The van der Waals surface area contributed by atoms with Gasteiger partial charge in [-0.1, -0.05) is 23.7 Å². The first-order valence-corrected chi connectivity index (χ1v) is 6.48. The van der Waals surface area contributed by atoms with Crippen molar-refractivity contribution >= 4 is 36.4 Å². The van der Waals surface area contributed by atoms with Crippen LogP contribution in [0.4, 0.5) is 0 Å². The Hall–Kier alpha value is -0.0300. The third-order valence-corrected chi connectivity index (χ3v) is 3.20. The molecule has 3 nitrogen and oxygen atoms in total. The van der Waals surface area contributed by atoms with Crippen LogP contribution in [0.5, 0.6) is 0 Å². The van der Waals surface area contributed by atoms with Gasteiger partial charge in [-0.2, -0.15) is 0 Å². The molecule has 1 aliphatic heterocycles. The van der Waals surface area contributed by atoms with Gasteiger partial charge in [0.2, 0.25) is 0 Å². The Balaban J connectivity index is 0.00000162. The summed E-state index contributed by atoms with van der Waals surface area (Å²) in [6.07, 6.45) is 0. The summed E-state index contributed by atoms with van der Waals surface area (Å²) in [6.45, 7) is 6.88. The lowest BCUT2D eigenvalue weighted by Crippen LogP contribution is -2.40. The van der Waals surface area contributed by atoms with E-state index in [0.717, 1.165) is 51.0 Å². The highest BCUT2D eigenvalue weighted by atomic mass is 35.5. The highest BCUT2D eigenvalue weighted by molar-refractivity contribution is 6.30. The Morgan fingerprint density at radius 3 is 2.37 bits per heavy atom. The van der Waals surface area contributed by atoms with Gasteiger partial charge in [0.05, 0.1) is 13.2 Å². The normalized spacial score (nSPS) is 15.4. The van der Waals surface area contributed by atoms with Gasteiger partial charge < -0.3 is 10.1 Å². The van der Waals surface area contributed by atoms with Gasteiger partial charge in [0.1, 0.15) is 0 Å². The van der Waals surface area contributed by atoms with Crippen LogP contribution < -0.4 is 5.32 Å². The zero-order valence-corrected chi connectivity index (χ0v) is 13.2. The van der Waals surface area contributed by atoms with Gasteiger partial charge in [-0.3, -0.25) is 4.90 Å². The summed E-state index contributed by atoms with van der Waals surface area (Å²) in [7, 11) is 0. The molecule has 110 valence electrons. The first-order chi connectivity index (χ1) is 8.34. The van der Waals surface area contributed by atoms with E-state index in [9.17, 15) is 0 Å². The van der Waals surface area contributed by atoms with Gasteiger partial charge >= 0.3 is 0 Å². The lowest BCUT2D eigenvalue weighted by atomic mass is 10.2. The third-order valence-electron chi connectivity index (χ3n) is 2.95. The molecule has 0 atom stereocenters. The molecular weight excluding hydrogens is 307 g/mol. The molecule has 0 saturated carbocycles. The molecule has 19 heavy (non-hydrogen) atoms. The molecule has 0 bridgehead atoms. The summed E-state index contributed by atoms with van der Waals surface area (Å²) in [4.78, 5) is 2.43. The molecule has 1 saturated heterocycles. The molecule has 0 radical (unpaired) electrons. The zero-order valence-electron chi connectivity index (χ0n) is 10.8. The van der Waals surface area contributed by atoms with Gasteiger partial charge in [0.15, 0.2) is 0 Å². The minimum Gasteiger partial charge on any atom is -0.379 e. The second-order valence-electron chi connectivity index (χ2n) is 4.26. The summed E-state index contributed by atoms with van der Waals surface area (Å²) >= 11 is 5.84. The largest absolute Gasteiger partial charge is 0.379 e. The summed E-state index contributed by atoms with van der Waals surface area (Å²) in [5, 5.41) is 4.24. The molecule has 0 spiro atoms. The molecule has 1 aliphatic rings. The number of hydrogen-bond acceptors (Lipinski definition) is 3. The van der Waals surface area contributed by atoms with Crippen LogP contribution in [0.2, 0.25) is 5.02 Å². The van der Waals surface area contributed by atoms with E-state index in [1.807, 2.05) is 12.1 Å². The number of morpholine rings is 1. The first kappa shape index (κ1) is 19.0. The zero-order chi connectivity index (χ0) is 11.9. The summed E-state index contributed by atoms with van der Waals surface area (Å²) in [6, 6.07) is 7.98. The fraction of sp³-hybridized carbons (Fsp3) is 0.538. The van der Waals surface area contributed by atoms with E-state index in [4.69, 9.17) is 16.3 Å². The fourth-order valence-electron chi connectivity index (χ4n) is 1.90. The van der Waals surface area contributed by atoms with Gasteiger partial charge in [-0.15, -0.1) is 24.8 Å². The van der Waals surface area contributed by atoms with E-state index in [1.165, 1.54) is 5.56 Å². The molecule has 0 unspecified atom stereocenters. The van der Waals surface area contributed by atoms with E-state index < -0.39 is 0 Å². The van der Waals surface area contributed by atoms with Crippen LogP contribution >= 0.6 is 36.4 Å². The summed E-state index contributed by atoms with van der Waals surface area (Å²) in [5.41, 5.74) is 1.27.